The normalized spacial score (nSPS) is 11.7. The van der Waals surface area contributed by atoms with Crippen molar-refractivity contribution in [2.45, 2.75) is 60.5 Å². The average Bonchev–Trinajstić information content (AvgIpc) is 2.93. The maximum absolute atomic E-state index is 13.9. The van der Waals surface area contributed by atoms with Gasteiger partial charge in [-0.3, -0.25) is 4.79 Å². The van der Waals surface area contributed by atoms with E-state index in [1.54, 1.807) is 12.3 Å². The first-order chi connectivity index (χ1) is 19.6. The molecule has 0 aliphatic carbocycles. The van der Waals surface area contributed by atoms with Crippen LogP contribution >= 0.6 is 31.9 Å². The van der Waals surface area contributed by atoms with Crippen molar-refractivity contribution in [2.75, 3.05) is 13.2 Å². The lowest BCUT2D eigenvalue weighted by molar-refractivity contribution is 0.222. The van der Waals surface area contributed by atoms with Crippen LogP contribution in [0.25, 0.3) is 22.3 Å². The highest BCUT2D eigenvalue weighted by Gasteiger charge is 2.20. The van der Waals surface area contributed by atoms with Crippen molar-refractivity contribution in [3.05, 3.63) is 78.5 Å². The van der Waals surface area contributed by atoms with Gasteiger partial charge in [-0.15, -0.1) is 0 Å². The van der Waals surface area contributed by atoms with Crippen LogP contribution in [0.5, 0.6) is 17.2 Å². The highest BCUT2D eigenvalue weighted by Crippen LogP contribution is 2.43. The summed E-state index contributed by atoms with van der Waals surface area (Å²) >= 11 is 7.32. The number of halogens is 2. The summed E-state index contributed by atoms with van der Waals surface area (Å²) in [5.41, 5.74) is 3.83. The first-order valence-corrected chi connectivity index (χ1v) is 15.3. The van der Waals surface area contributed by atoms with E-state index in [2.05, 4.69) is 51.8 Å². The maximum atomic E-state index is 13.9. The van der Waals surface area contributed by atoms with Crippen molar-refractivity contribution in [3.63, 3.8) is 0 Å². The second-order valence-electron chi connectivity index (χ2n) is 10.1. The lowest BCUT2D eigenvalue weighted by Gasteiger charge is -2.19. The van der Waals surface area contributed by atoms with Crippen molar-refractivity contribution >= 4 is 49.0 Å². The van der Waals surface area contributed by atoms with E-state index in [-0.39, 0.29) is 17.6 Å². The number of hydrogen-bond donors (Lipinski definition) is 0. The van der Waals surface area contributed by atoms with Gasteiger partial charge in [0.15, 0.2) is 17.3 Å². The number of hydrogen-bond acceptors (Lipinski definition) is 6. The molecule has 0 bridgehead atoms. The van der Waals surface area contributed by atoms with Crippen molar-refractivity contribution in [2.24, 2.45) is 5.10 Å². The van der Waals surface area contributed by atoms with Crippen molar-refractivity contribution in [1.29, 1.82) is 0 Å². The number of rotatable bonds is 10. The fourth-order valence-electron chi connectivity index (χ4n) is 4.50. The third kappa shape index (κ3) is 6.51. The van der Waals surface area contributed by atoms with Gasteiger partial charge < -0.3 is 14.2 Å². The molecule has 0 radical (unpaired) electrons. The Hall–Kier alpha value is -3.17. The van der Waals surface area contributed by atoms with Crippen molar-refractivity contribution in [3.8, 4) is 28.6 Å². The Kier molecular flexibility index (Phi) is 9.92. The molecule has 0 saturated carbocycles. The van der Waals surface area contributed by atoms with Gasteiger partial charge in [0.1, 0.15) is 5.75 Å². The number of para-hydroxylation sites is 1. The minimum atomic E-state index is -0.263. The van der Waals surface area contributed by atoms with Gasteiger partial charge in [0.2, 0.25) is 0 Å². The molecule has 0 saturated heterocycles. The molecule has 0 aliphatic heterocycles. The molecule has 9 heteroatoms. The smallest absolute Gasteiger partial charge is 0.282 e. The van der Waals surface area contributed by atoms with Gasteiger partial charge >= 0.3 is 0 Å². The summed E-state index contributed by atoms with van der Waals surface area (Å²) < 4.78 is 20.6. The van der Waals surface area contributed by atoms with E-state index in [0.29, 0.717) is 51.5 Å². The summed E-state index contributed by atoms with van der Waals surface area (Å²) in [6.07, 6.45) is 1.58. The lowest BCUT2D eigenvalue weighted by Crippen LogP contribution is -2.21. The Morgan fingerprint density at radius 1 is 0.976 bits per heavy atom. The zero-order valence-electron chi connectivity index (χ0n) is 24.4. The van der Waals surface area contributed by atoms with E-state index < -0.39 is 0 Å². The zero-order valence-corrected chi connectivity index (χ0v) is 27.6. The summed E-state index contributed by atoms with van der Waals surface area (Å²) in [7, 11) is 0. The van der Waals surface area contributed by atoms with Gasteiger partial charge in [0.05, 0.1) is 40.9 Å². The lowest BCUT2D eigenvalue weighted by atomic mass is 9.96. The highest BCUT2D eigenvalue weighted by molar-refractivity contribution is 9.13. The molecular formula is C32H35Br2N3O4. The first-order valence-electron chi connectivity index (χ1n) is 13.7. The molecular weight excluding hydrogens is 650 g/mol. The topological polar surface area (TPSA) is 74.9 Å². The van der Waals surface area contributed by atoms with E-state index in [9.17, 15) is 4.79 Å². The van der Waals surface area contributed by atoms with Gasteiger partial charge in [-0.25, -0.2) is 4.98 Å². The molecule has 41 heavy (non-hydrogen) atoms. The molecule has 0 unspecified atom stereocenters. The van der Waals surface area contributed by atoms with Crippen LogP contribution in [0.3, 0.4) is 0 Å². The van der Waals surface area contributed by atoms with Crippen LogP contribution in [0.15, 0.2) is 61.3 Å². The number of aromatic nitrogens is 2. The predicted octanol–water partition coefficient (Wildman–Crippen LogP) is 8.49. The van der Waals surface area contributed by atoms with Crippen molar-refractivity contribution < 1.29 is 14.2 Å². The number of fused-ring (bicyclic) bond motifs is 1. The molecule has 0 aliphatic rings. The van der Waals surface area contributed by atoms with Crippen LogP contribution in [-0.2, 0) is 0 Å². The number of aryl methyl sites for hydroxylation is 1. The van der Waals surface area contributed by atoms with Crippen molar-refractivity contribution in [1.82, 2.24) is 9.66 Å². The Bertz CT molecular complexity index is 1660. The predicted molar refractivity (Wildman–Crippen MR) is 173 cm³/mol. The van der Waals surface area contributed by atoms with Gasteiger partial charge in [0, 0.05) is 15.6 Å². The minimum absolute atomic E-state index is 0.0465. The zero-order chi connectivity index (χ0) is 29.8. The summed E-state index contributed by atoms with van der Waals surface area (Å²) in [6, 6.07) is 13.2. The summed E-state index contributed by atoms with van der Waals surface area (Å²) in [6.45, 7) is 15.1. The number of nitrogens with zero attached hydrogens (tertiary/aromatic N) is 3. The molecule has 1 aromatic heterocycles. The molecule has 216 valence electrons. The molecule has 0 atom stereocenters. The van der Waals surface area contributed by atoms with Crippen LogP contribution in [0.4, 0.5) is 0 Å². The largest absolute Gasteiger partial charge is 0.494 e. The standard InChI is InChI=1S/C32H35Br2N3O4/c1-8-39-26-14-20(7)24(16-23(26)18(3)4)31-36-25-13-11-10-12-22(25)32(38)37(31)35-17-21-15-27(40-9-2)30(41-19(5)6)29(34)28(21)33/h10-19H,8-9H2,1-7H3. The molecule has 0 fully saturated rings. The second kappa shape index (κ2) is 13.2. The number of ether oxygens (including phenoxy) is 3. The van der Waals surface area contributed by atoms with Crippen LogP contribution in [0.1, 0.15) is 64.2 Å². The fraction of sp³-hybridized carbons (Fsp3) is 0.344. The fourth-order valence-corrected chi connectivity index (χ4v) is 5.42. The molecule has 0 amide bonds. The first kappa shape index (κ1) is 30.8. The van der Waals surface area contributed by atoms with E-state index in [4.69, 9.17) is 24.3 Å². The van der Waals surface area contributed by atoms with Gasteiger partial charge in [0.25, 0.3) is 5.56 Å². The Balaban J connectivity index is 1.96. The Labute approximate surface area is 257 Å². The summed E-state index contributed by atoms with van der Waals surface area (Å²) in [4.78, 5) is 18.8. The molecule has 3 aromatic carbocycles. The van der Waals surface area contributed by atoms with E-state index in [1.165, 1.54) is 4.68 Å². The highest BCUT2D eigenvalue weighted by atomic mass is 79.9. The van der Waals surface area contributed by atoms with E-state index >= 15 is 0 Å². The molecule has 0 N–H and O–H groups in total. The Morgan fingerprint density at radius 3 is 2.32 bits per heavy atom. The van der Waals surface area contributed by atoms with Crippen LogP contribution in [0, 0.1) is 6.92 Å². The third-order valence-electron chi connectivity index (χ3n) is 6.39. The van der Waals surface area contributed by atoms with Gasteiger partial charge in [-0.05, 0) is 114 Å². The molecule has 7 nitrogen and oxygen atoms in total. The molecule has 1 heterocycles. The quantitative estimate of drug-likeness (QED) is 0.157. The SMILES string of the molecule is CCOc1cc(C)c(-c2nc3ccccc3c(=O)n2N=Cc2cc(OCC)c(OC(C)C)c(Br)c2Br)cc1C(C)C. The monoisotopic (exact) mass is 683 g/mol. The van der Waals surface area contributed by atoms with Gasteiger partial charge in [-0.1, -0.05) is 26.0 Å². The van der Waals surface area contributed by atoms with E-state index in [1.807, 2.05) is 65.0 Å². The van der Waals surface area contributed by atoms with E-state index in [0.717, 1.165) is 26.9 Å². The average molecular weight is 685 g/mol. The minimum Gasteiger partial charge on any atom is -0.494 e. The molecule has 4 rings (SSSR count). The van der Waals surface area contributed by atoms with Crippen LogP contribution in [0.2, 0.25) is 0 Å². The maximum Gasteiger partial charge on any atom is 0.282 e. The van der Waals surface area contributed by atoms with Crippen LogP contribution < -0.4 is 19.8 Å². The van der Waals surface area contributed by atoms with Crippen LogP contribution in [-0.4, -0.2) is 35.2 Å². The summed E-state index contributed by atoms with van der Waals surface area (Å²) in [5, 5.41) is 5.19. The number of benzene rings is 3. The third-order valence-corrected chi connectivity index (χ3v) is 8.54. The molecule has 4 aromatic rings. The Morgan fingerprint density at radius 2 is 1.66 bits per heavy atom. The van der Waals surface area contributed by atoms with Gasteiger partial charge in [-0.2, -0.15) is 9.78 Å². The molecule has 0 spiro atoms. The summed E-state index contributed by atoms with van der Waals surface area (Å²) in [5.74, 6) is 2.67. The second-order valence-corrected chi connectivity index (χ2v) is 11.7.